The van der Waals surface area contributed by atoms with E-state index in [1.165, 1.54) is 12.1 Å². The molecule has 0 radical (unpaired) electrons. The van der Waals surface area contributed by atoms with Gasteiger partial charge in [0.2, 0.25) is 0 Å². The highest BCUT2D eigenvalue weighted by molar-refractivity contribution is 5.32. The molecule has 0 aromatic heterocycles. The van der Waals surface area contributed by atoms with E-state index in [0.717, 1.165) is 12.0 Å². The Labute approximate surface area is 82.3 Å². The Morgan fingerprint density at radius 2 is 2.00 bits per heavy atom. The van der Waals surface area contributed by atoms with Crippen LogP contribution in [0.1, 0.15) is 18.9 Å². The highest BCUT2D eigenvalue weighted by Crippen LogP contribution is 2.13. The summed E-state index contributed by atoms with van der Waals surface area (Å²) in [6.45, 7) is 1.73. The Bertz CT molecular complexity index is 306. The molecule has 0 amide bonds. The van der Waals surface area contributed by atoms with E-state index in [4.69, 9.17) is 5.11 Å². The van der Waals surface area contributed by atoms with E-state index in [2.05, 4.69) is 0 Å². The van der Waals surface area contributed by atoms with E-state index in [-0.39, 0.29) is 11.8 Å². The Morgan fingerprint density at radius 1 is 1.43 bits per heavy atom. The van der Waals surface area contributed by atoms with E-state index in [0.29, 0.717) is 6.42 Å². The lowest BCUT2D eigenvalue weighted by atomic mass is 10.1. The summed E-state index contributed by atoms with van der Waals surface area (Å²) >= 11 is 0. The highest BCUT2D eigenvalue weighted by atomic mass is 16.6. The first-order valence-corrected chi connectivity index (χ1v) is 4.51. The van der Waals surface area contributed by atoms with Crippen LogP contribution in [0.3, 0.4) is 0 Å². The van der Waals surface area contributed by atoms with Gasteiger partial charge in [0.15, 0.2) is 0 Å². The minimum atomic E-state index is -0.418. The van der Waals surface area contributed by atoms with E-state index >= 15 is 0 Å². The monoisotopic (exact) mass is 195 g/mol. The van der Waals surface area contributed by atoms with Crippen molar-refractivity contribution in [3.05, 3.63) is 39.9 Å². The number of hydrogen-bond donors (Lipinski definition) is 1. The summed E-state index contributed by atoms with van der Waals surface area (Å²) in [5.74, 6) is 0. The summed E-state index contributed by atoms with van der Waals surface area (Å²) in [6.07, 6.45) is 1.10. The zero-order valence-electron chi connectivity index (χ0n) is 8.01. The predicted octanol–water partition coefficient (Wildman–Crippen LogP) is 1.91. The number of nitro benzene ring substituents is 1. The normalized spacial score (nSPS) is 12.4. The number of non-ortho nitro benzene ring substituents is 1. The number of hydrogen-bond acceptors (Lipinski definition) is 3. The maximum Gasteiger partial charge on any atom is 0.269 e. The van der Waals surface area contributed by atoms with Crippen LogP contribution in [0.4, 0.5) is 5.69 Å². The van der Waals surface area contributed by atoms with Crippen molar-refractivity contribution in [1.29, 1.82) is 0 Å². The average molecular weight is 195 g/mol. The van der Waals surface area contributed by atoms with Crippen LogP contribution in [0.25, 0.3) is 0 Å². The molecule has 0 saturated carbocycles. The molecule has 1 aromatic rings. The summed E-state index contributed by atoms with van der Waals surface area (Å²) in [6, 6.07) is 6.41. The van der Waals surface area contributed by atoms with Gasteiger partial charge in [0.05, 0.1) is 11.0 Å². The van der Waals surface area contributed by atoms with Crippen LogP contribution >= 0.6 is 0 Å². The van der Waals surface area contributed by atoms with Crippen molar-refractivity contribution in [1.82, 2.24) is 0 Å². The largest absolute Gasteiger partial charge is 0.393 e. The van der Waals surface area contributed by atoms with Crippen LogP contribution < -0.4 is 0 Å². The third-order valence-corrected chi connectivity index (χ3v) is 2.00. The van der Waals surface area contributed by atoms with Crippen molar-refractivity contribution < 1.29 is 10.0 Å². The molecule has 4 nitrogen and oxygen atoms in total. The van der Waals surface area contributed by atoms with Gasteiger partial charge < -0.3 is 5.11 Å². The Morgan fingerprint density at radius 3 is 2.43 bits per heavy atom. The topological polar surface area (TPSA) is 63.4 Å². The van der Waals surface area contributed by atoms with Gasteiger partial charge in [0.25, 0.3) is 5.69 Å². The molecule has 76 valence electrons. The quantitative estimate of drug-likeness (QED) is 0.589. The number of nitro groups is 1. The third kappa shape index (κ3) is 3.14. The zero-order valence-corrected chi connectivity index (χ0v) is 8.01. The van der Waals surface area contributed by atoms with E-state index < -0.39 is 4.92 Å². The minimum Gasteiger partial charge on any atom is -0.393 e. The summed E-state index contributed by atoms with van der Waals surface area (Å²) in [5.41, 5.74) is 1.11. The van der Waals surface area contributed by atoms with Gasteiger partial charge in [0, 0.05) is 12.1 Å². The predicted molar refractivity (Wildman–Crippen MR) is 53.1 cm³/mol. The average Bonchev–Trinajstić information content (AvgIpc) is 2.15. The van der Waals surface area contributed by atoms with Crippen LogP contribution in [0.5, 0.6) is 0 Å². The van der Waals surface area contributed by atoms with Crippen molar-refractivity contribution in [2.24, 2.45) is 0 Å². The maximum absolute atomic E-state index is 10.3. The van der Waals surface area contributed by atoms with Gasteiger partial charge >= 0.3 is 0 Å². The fourth-order valence-corrected chi connectivity index (χ4v) is 1.16. The first-order chi connectivity index (χ1) is 6.59. The lowest BCUT2D eigenvalue weighted by molar-refractivity contribution is -0.384. The van der Waals surface area contributed by atoms with Gasteiger partial charge in [-0.3, -0.25) is 10.1 Å². The summed E-state index contributed by atoms with van der Waals surface area (Å²) in [5, 5.41) is 19.4. The number of rotatable bonds is 4. The third-order valence-electron chi connectivity index (χ3n) is 2.00. The van der Waals surface area contributed by atoms with Crippen molar-refractivity contribution in [2.75, 3.05) is 0 Å². The molecule has 0 saturated heterocycles. The van der Waals surface area contributed by atoms with Crippen molar-refractivity contribution in [3.63, 3.8) is 0 Å². The first-order valence-electron chi connectivity index (χ1n) is 4.51. The van der Waals surface area contributed by atoms with Gasteiger partial charge in [-0.15, -0.1) is 0 Å². The van der Waals surface area contributed by atoms with Crippen LogP contribution in [-0.4, -0.2) is 16.1 Å². The summed E-state index contributed by atoms with van der Waals surface area (Å²) < 4.78 is 0. The molecule has 0 heterocycles. The molecule has 4 heteroatoms. The molecule has 0 fully saturated rings. The van der Waals surface area contributed by atoms with E-state index in [9.17, 15) is 10.1 Å². The Kier molecular flexibility index (Phi) is 3.59. The van der Waals surface area contributed by atoms with E-state index in [1.54, 1.807) is 19.1 Å². The van der Waals surface area contributed by atoms with Crippen LogP contribution in [-0.2, 0) is 6.42 Å². The second kappa shape index (κ2) is 4.72. The molecule has 1 aromatic carbocycles. The lowest BCUT2D eigenvalue weighted by Gasteiger charge is -2.03. The molecule has 0 spiro atoms. The second-order valence-electron chi connectivity index (χ2n) is 3.31. The van der Waals surface area contributed by atoms with Gasteiger partial charge in [-0.25, -0.2) is 0 Å². The number of aliphatic hydroxyl groups is 1. The van der Waals surface area contributed by atoms with Crippen molar-refractivity contribution >= 4 is 5.69 Å². The molecule has 14 heavy (non-hydrogen) atoms. The highest BCUT2D eigenvalue weighted by Gasteiger charge is 2.04. The number of aliphatic hydroxyl groups excluding tert-OH is 1. The number of aryl methyl sites for hydroxylation is 1. The zero-order chi connectivity index (χ0) is 10.6. The standard InChI is InChI=1S/C10H13NO3/c1-8(12)2-3-9-4-6-10(7-5-9)11(13)14/h4-8,12H,2-3H2,1H3/t8-/m1/s1. The molecule has 1 rings (SSSR count). The van der Waals surface area contributed by atoms with Crippen LogP contribution in [0, 0.1) is 10.1 Å². The molecule has 0 aliphatic carbocycles. The van der Waals surface area contributed by atoms with Gasteiger partial charge in [-0.05, 0) is 25.3 Å². The van der Waals surface area contributed by atoms with E-state index in [1.807, 2.05) is 0 Å². The SMILES string of the molecule is C[C@@H](O)CCc1ccc([N+](=O)[O-])cc1. The fourth-order valence-electron chi connectivity index (χ4n) is 1.16. The smallest absolute Gasteiger partial charge is 0.269 e. The molecule has 0 aliphatic heterocycles. The number of benzene rings is 1. The Hall–Kier alpha value is -1.42. The molecule has 1 N–H and O–H groups in total. The lowest BCUT2D eigenvalue weighted by Crippen LogP contribution is -2.01. The molecule has 0 unspecified atom stereocenters. The number of nitrogens with zero attached hydrogens (tertiary/aromatic N) is 1. The summed E-state index contributed by atoms with van der Waals surface area (Å²) in [7, 11) is 0. The Balaban J connectivity index is 2.60. The molecular weight excluding hydrogens is 182 g/mol. The summed E-state index contributed by atoms with van der Waals surface area (Å²) in [4.78, 5) is 9.93. The van der Waals surface area contributed by atoms with Crippen LogP contribution in [0.2, 0.25) is 0 Å². The van der Waals surface area contributed by atoms with Crippen LogP contribution in [0.15, 0.2) is 24.3 Å². The molecule has 0 bridgehead atoms. The second-order valence-corrected chi connectivity index (χ2v) is 3.31. The first kappa shape index (κ1) is 10.7. The van der Waals surface area contributed by atoms with Gasteiger partial charge in [0.1, 0.15) is 0 Å². The molecule has 0 aliphatic rings. The maximum atomic E-state index is 10.3. The van der Waals surface area contributed by atoms with Gasteiger partial charge in [-0.1, -0.05) is 12.1 Å². The fraction of sp³-hybridized carbons (Fsp3) is 0.400. The molecule has 1 atom stereocenters. The molecular formula is C10H13NO3. The van der Waals surface area contributed by atoms with Crippen molar-refractivity contribution in [2.45, 2.75) is 25.9 Å². The van der Waals surface area contributed by atoms with Crippen molar-refractivity contribution in [3.8, 4) is 0 Å². The van der Waals surface area contributed by atoms with Gasteiger partial charge in [-0.2, -0.15) is 0 Å². The minimum absolute atomic E-state index is 0.103.